The molecule has 0 fully saturated rings. The van der Waals surface area contributed by atoms with Gasteiger partial charge in [-0.1, -0.05) is 158 Å². The average Bonchev–Trinajstić information content (AvgIpc) is 3.70. The van der Waals surface area contributed by atoms with Gasteiger partial charge >= 0.3 is 5.97 Å². The summed E-state index contributed by atoms with van der Waals surface area (Å²) in [5.41, 5.74) is 7.65. The van der Waals surface area contributed by atoms with Gasteiger partial charge in [0.1, 0.15) is 0 Å². The average molecular weight is 673 g/mol. The predicted molar refractivity (Wildman–Crippen MR) is 210 cm³/mol. The molecule has 0 bridgehead atoms. The Labute approximate surface area is 301 Å². The minimum atomic E-state index is -1.05. The van der Waals surface area contributed by atoms with Gasteiger partial charge in [0.25, 0.3) is 0 Å². The fourth-order valence-electron chi connectivity index (χ4n) is 8.85. The molecule has 0 saturated heterocycles. The second kappa shape index (κ2) is 16.9. The number of cyclic esters (lactones) is 1. The van der Waals surface area contributed by atoms with E-state index in [9.17, 15) is 4.79 Å². The van der Waals surface area contributed by atoms with Gasteiger partial charge in [-0.15, -0.1) is 0 Å². The van der Waals surface area contributed by atoms with Crippen molar-refractivity contribution in [2.45, 2.75) is 149 Å². The van der Waals surface area contributed by atoms with Gasteiger partial charge in [-0.25, -0.2) is 4.79 Å². The number of benzene rings is 3. The third-order valence-electron chi connectivity index (χ3n) is 11.4. The van der Waals surface area contributed by atoms with Crippen LogP contribution >= 0.6 is 0 Å². The number of unbranched alkanes of at least 4 members (excludes halogenated alkanes) is 14. The second-order valence-electron chi connectivity index (χ2n) is 14.8. The smallest absolute Gasteiger partial charge is 0.340 e. The molecule has 50 heavy (non-hydrogen) atoms. The van der Waals surface area contributed by atoms with Crippen LogP contribution in [-0.2, 0) is 23.4 Å². The first-order valence-electron chi connectivity index (χ1n) is 20.0. The van der Waals surface area contributed by atoms with Crippen molar-refractivity contribution in [3.8, 4) is 0 Å². The number of hydrogen-bond donors (Lipinski definition) is 0. The molecule has 2 aromatic heterocycles. The Morgan fingerprint density at radius 1 is 0.520 bits per heavy atom. The largest absolute Gasteiger partial charge is 0.440 e. The first-order valence-corrected chi connectivity index (χ1v) is 20.0. The van der Waals surface area contributed by atoms with Crippen molar-refractivity contribution in [3.05, 3.63) is 106 Å². The minimum absolute atomic E-state index is 0.237. The van der Waals surface area contributed by atoms with Crippen molar-refractivity contribution < 1.29 is 9.53 Å². The van der Waals surface area contributed by atoms with Crippen LogP contribution in [0.2, 0.25) is 0 Å². The van der Waals surface area contributed by atoms with Crippen molar-refractivity contribution >= 4 is 27.8 Å². The normalized spacial score (nSPS) is 13.8. The van der Waals surface area contributed by atoms with Gasteiger partial charge in [0.05, 0.1) is 5.56 Å². The molecule has 6 rings (SSSR count). The summed E-state index contributed by atoms with van der Waals surface area (Å²) < 4.78 is 11.9. The molecule has 3 aromatic carbocycles. The Bertz CT molecular complexity index is 1770. The summed E-state index contributed by atoms with van der Waals surface area (Å²) in [5, 5.41) is 2.35. The van der Waals surface area contributed by atoms with Crippen molar-refractivity contribution in [1.29, 1.82) is 0 Å². The van der Waals surface area contributed by atoms with E-state index in [1.54, 1.807) is 0 Å². The predicted octanol–water partition coefficient (Wildman–Crippen LogP) is 13.0. The summed E-state index contributed by atoms with van der Waals surface area (Å²) in [5.74, 6) is -0.237. The van der Waals surface area contributed by atoms with Crippen LogP contribution in [-0.4, -0.2) is 15.1 Å². The zero-order valence-electron chi connectivity index (χ0n) is 31.4. The molecular formula is C46H60N2O2. The molecule has 0 unspecified atom stereocenters. The van der Waals surface area contributed by atoms with Gasteiger partial charge in [-0.3, -0.25) is 0 Å². The van der Waals surface area contributed by atoms with Gasteiger partial charge in [0.2, 0.25) is 0 Å². The lowest BCUT2D eigenvalue weighted by Crippen LogP contribution is -2.31. The van der Waals surface area contributed by atoms with Crippen LogP contribution in [0.15, 0.2) is 72.8 Å². The molecule has 0 radical (unpaired) electrons. The van der Waals surface area contributed by atoms with E-state index in [4.69, 9.17) is 4.74 Å². The molecule has 5 aromatic rings. The standard InChI is InChI=1S/C46H60N2O2/c1-5-7-9-11-13-15-17-25-33-47-35(3)43(38-28-20-23-31-41(38)47)46(40-30-22-19-27-37(40)45(49)50-46)44-36(4)48(42-32-24-21-29-39(42)44)34-26-18-16-14-12-10-8-6-2/h19-24,27-32H,5-18,25-26,33-34H2,1-4H3. The van der Waals surface area contributed by atoms with E-state index in [0.717, 1.165) is 42.6 Å². The van der Waals surface area contributed by atoms with Crippen molar-refractivity contribution in [1.82, 2.24) is 9.13 Å². The van der Waals surface area contributed by atoms with Crippen LogP contribution in [0.1, 0.15) is 155 Å². The van der Waals surface area contributed by atoms with Crippen LogP contribution in [0.5, 0.6) is 0 Å². The number of para-hydroxylation sites is 2. The van der Waals surface area contributed by atoms with E-state index in [-0.39, 0.29) is 5.97 Å². The number of rotatable bonds is 20. The maximum Gasteiger partial charge on any atom is 0.340 e. The summed E-state index contributed by atoms with van der Waals surface area (Å²) in [6.07, 6.45) is 20.7. The molecule has 266 valence electrons. The Morgan fingerprint density at radius 3 is 1.40 bits per heavy atom. The van der Waals surface area contributed by atoms with Crippen LogP contribution in [0, 0.1) is 13.8 Å². The second-order valence-corrected chi connectivity index (χ2v) is 14.8. The minimum Gasteiger partial charge on any atom is -0.440 e. The number of aryl methyl sites for hydroxylation is 2. The first kappa shape index (κ1) is 36.0. The Kier molecular flexibility index (Phi) is 12.2. The van der Waals surface area contributed by atoms with Gasteiger partial charge in [0, 0.05) is 63.0 Å². The Hall–Kier alpha value is -3.79. The molecule has 1 aliphatic rings. The Balaban J connectivity index is 1.40. The third-order valence-corrected chi connectivity index (χ3v) is 11.4. The van der Waals surface area contributed by atoms with E-state index < -0.39 is 5.60 Å². The summed E-state index contributed by atoms with van der Waals surface area (Å²) >= 11 is 0. The summed E-state index contributed by atoms with van der Waals surface area (Å²) in [6, 6.07) is 25.7. The van der Waals surface area contributed by atoms with E-state index >= 15 is 0 Å². The number of esters is 1. The molecule has 0 saturated carbocycles. The van der Waals surface area contributed by atoms with Crippen LogP contribution in [0.3, 0.4) is 0 Å². The highest BCUT2D eigenvalue weighted by Gasteiger charge is 2.53. The highest BCUT2D eigenvalue weighted by molar-refractivity contribution is 6.01. The lowest BCUT2D eigenvalue weighted by atomic mass is 9.77. The molecule has 0 atom stereocenters. The topological polar surface area (TPSA) is 36.2 Å². The van der Waals surface area contributed by atoms with Gasteiger partial charge < -0.3 is 13.9 Å². The highest BCUT2D eigenvalue weighted by Crippen LogP contribution is 2.54. The number of nitrogens with zero attached hydrogens (tertiary/aromatic N) is 2. The number of ether oxygens (including phenoxy) is 1. The molecule has 3 heterocycles. The fraction of sp³-hybridized carbons (Fsp3) is 0.500. The lowest BCUT2D eigenvalue weighted by Gasteiger charge is -2.31. The number of hydrogen-bond acceptors (Lipinski definition) is 2. The third kappa shape index (κ3) is 7.05. The van der Waals surface area contributed by atoms with Crippen molar-refractivity contribution in [2.75, 3.05) is 0 Å². The zero-order chi connectivity index (χ0) is 34.9. The summed E-state index contributed by atoms with van der Waals surface area (Å²) in [4.78, 5) is 14.0. The summed E-state index contributed by atoms with van der Waals surface area (Å²) in [6.45, 7) is 11.0. The number of fused-ring (bicyclic) bond motifs is 3. The highest BCUT2D eigenvalue weighted by atomic mass is 16.6. The molecule has 4 heteroatoms. The molecule has 1 aliphatic heterocycles. The summed E-state index contributed by atoms with van der Waals surface area (Å²) in [7, 11) is 0. The van der Waals surface area contributed by atoms with Crippen LogP contribution < -0.4 is 0 Å². The fourth-order valence-corrected chi connectivity index (χ4v) is 8.85. The van der Waals surface area contributed by atoms with Crippen LogP contribution in [0.4, 0.5) is 0 Å². The van der Waals surface area contributed by atoms with E-state index in [1.807, 2.05) is 12.1 Å². The van der Waals surface area contributed by atoms with Gasteiger partial charge in [0.15, 0.2) is 5.60 Å². The quantitative estimate of drug-likeness (QED) is 0.0609. The van der Waals surface area contributed by atoms with Crippen LogP contribution in [0.25, 0.3) is 21.8 Å². The number of carbonyl (C=O) groups is 1. The lowest BCUT2D eigenvalue weighted by molar-refractivity contribution is 0.0255. The number of aromatic nitrogens is 2. The maximum absolute atomic E-state index is 14.0. The number of carbonyl (C=O) groups excluding carboxylic acids is 1. The molecule has 0 aliphatic carbocycles. The molecule has 0 amide bonds. The van der Waals surface area contributed by atoms with Crippen molar-refractivity contribution in [2.24, 2.45) is 0 Å². The monoisotopic (exact) mass is 672 g/mol. The van der Waals surface area contributed by atoms with Gasteiger partial charge in [-0.2, -0.15) is 0 Å². The van der Waals surface area contributed by atoms with E-state index in [2.05, 4.69) is 97.5 Å². The molecule has 0 spiro atoms. The van der Waals surface area contributed by atoms with E-state index in [1.165, 1.54) is 123 Å². The Morgan fingerprint density at radius 2 is 0.920 bits per heavy atom. The molecule has 4 nitrogen and oxygen atoms in total. The van der Waals surface area contributed by atoms with E-state index in [0.29, 0.717) is 5.56 Å². The van der Waals surface area contributed by atoms with Gasteiger partial charge in [-0.05, 0) is 44.9 Å². The first-order chi connectivity index (χ1) is 24.5. The SMILES string of the molecule is CCCCCCCCCCn1c(C)c(C2(c3c(C)n(CCCCCCCCCC)c4ccccc34)OC(=O)c3ccccc32)c2ccccc21. The zero-order valence-corrected chi connectivity index (χ0v) is 31.4. The maximum atomic E-state index is 14.0. The molecule has 0 N–H and O–H groups in total. The van der Waals surface area contributed by atoms with Crippen molar-refractivity contribution in [3.63, 3.8) is 0 Å². The molecular weight excluding hydrogens is 613 g/mol.